The second-order valence-electron chi connectivity index (χ2n) is 5.99. The highest BCUT2D eigenvalue weighted by atomic mass is 15.7. The van der Waals surface area contributed by atoms with Crippen molar-refractivity contribution < 1.29 is 0 Å². The monoisotopic (exact) mass is 339 g/mol. The molecule has 0 aliphatic carbocycles. The summed E-state index contributed by atoms with van der Waals surface area (Å²) >= 11 is 0. The van der Waals surface area contributed by atoms with E-state index in [-0.39, 0.29) is 6.04 Å². The number of hydrazone groups is 1. The fourth-order valence-electron chi connectivity index (χ4n) is 3.05. The summed E-state index contributed by atoms with van der Waals surface area (Å²) in [5, 5.41) is 16.0. The van der Waals surface area contributed by atoms with Crippen molar-refractivity contribution in [2.45, 2.75) is 12.5 Å². The Morgan fingerprint density at radius 3 is 2.50 bits per heavy atom. The third-order valence-electron chi connectivity index (χ3n) is 4.31. The zero-order valence-corrected chi connectivity index (χ0v) is 14.1. The number of nitrogens with one attached hydrogen (secondary N) is 1. The fourth-order valence-corrected chi connectivity index (χ4v) is 3.05. The molecule has 1 unspecified atom stereocenters. The molecule has 0 saturated carbocycles. The number of aromatic nitrogens is 1. The molecule has 2 aromatic carbocycles. The summed E-state index contributed by atoms with van der Waals surface area (Å²) in [5.74, 6) is 0. The smallest absolute Gasteiger partial charge is 0.0995 e. The van der Waals surface area contributed by atoms with Crippen LogP contribution in [-0.4, -0.2) is 10.7 Å². The zero-order valence-electron chi connectivity index (χ0n) is 14.1. The number of benzene rings is 2. The molecule has 0 saturated heterocycles. The van der Waals surface area contributed by atoms with E-state index in [0.717, 1.165) is 22.7 Å². The standard InChI is InChI=1S/C21H17N5/c22-15-16-8-4-5-11-18(16)20-14-21(19-12-6-7-13-23-19)25-26(24-20)17-9-2-1-3-10-17/h1-13,20,24H,14H2. The quantitative estimate of drug-likeness (QED) is 0.788. The van der Waals surface area contributed by atoms with Gasteiger partial charge >= 0.3 is 0 Å². The van der Waals surface area contributed by atoms with Crippen LogP contribution in [0.4, 0.5) is 5.69 Å². The number of hydrogen-bond acceptors (Lipinski definition) is 5. The Labute approximate surface area is 152 Å². The lowest BCUT2D eigenvalue weighted by Crippen LogP contribution is -2.43. The first kappa shape index (κ1) is 16.0. The number of nitrogens with zero attached hydrogens (tertiary/aromatic N) is 4. The van der Waals surface area contributed by atoms with Crippen LogP contribution < -0.4 is 10.5 Å². The Morgan fingerprint density at radius 1 is 0.962 bits per heavy atom. The molecule has 1 N–H and O–H groups in total. The van der Waals surface area contributed by atoms with Gasteiger partial charge in [-0.25, -0.2) is 5.43 Å². The third kappa shape index (κ3) is 3.18. The maximum absolute atomic E-state index is 9.48. The zero-order chi connectivity index (χ0) is 17.8. The Hall–Kier alpha value is -3.49. The normalized spacial score (nSPS) is 16.7. The second-order valence-corrected chi connectivity index (χ2v) is 5.99. The van der Waals surface area contributed by atoms with Gasteiger partial charge in [0, 0.05) is 12.6 Å². The highest BCUT2D eigenvalue weighted by Crippen LogP contribution is 2.28. The fraction of sp³-hybridized carbons (Fsp3) is 0.0952. The molecule has 1 atom stereocenters. The van der Waals surface area contributed by atoms with Crippen LogP contribution in [0.3, 0.4) is 0 Å². The first-order valence-electron chi connectivity index (χ1n) is 8.44. The van der Waals surface area contributed by atoms with Gasteiger partial charge < -0.3 is 0 Å². The van der Waals surface area contributed by atoms with E-state index in [1.54, 1.807) is 11.3 Å². The molecule has 4 rings (SSSR count). The molecular weight excluding hydrogens is 322 g/mol. The van der Waals surface area contributed by atoms with Crippen LogP contribution in [0.5, 0.6) is 0 Å². The van der Waals surface area contributed by atoms with Gasteiger partial charge in [-0.2, -0.15) is 15.5 Å². The van der Waals surface area contributed by atoms with E-state index in [0.29, 0.717) is 12.0 Å². The van der Waals surface area contributed by atoms with E-state index >= 15 is 0 Å². The molecule has 0 bridgehead atoms. The van der Waals surface area contributed by atoms with Crippen molar-refractivity contribution in [2.75, 3.05) is 5.12 Å². The SMILES string of the molecule is N#Cc1ccccc1C1CC(c2ccccn2)=NN(c2ccccc2)N1. The van der Waals surface area contributed by atoms with Gasteiger partial charge in [0.1, 0.15) is 0 Å². The van der Waals surface area contributed by atoms with Crippen molar-refractivity contribution in [3.05, 3.63) is 95.8 Å². The maximum atomic E-state index is 9.48. The van der Waals surface area contributed by atoms with E-state index in [1.165, 1.54) is 0 Å². The first-order chi connectivity index (χ1) is 12.8. The summed E-state index contributed by atoms with van der Waals surface area (Å²) in [6, 6.07) is 25.6. The minimum absolute atomic E-state index is 0.0689. The van der Waals surface area contributed by atoms with Gasteiger partial charge in [0.05, 0.1) is 34.8 Å². The molecule has 1 aliphatic rings. The molecule has 0 spiro atoms. The largest absolute Gasteiger partial charge is 0.255 e. The number of para-hydroxylation sites is 1. The lowest BCUT2D eigenvalue weighted by atomic mass is 9.95. The molecule has 0 amide bonds. The number of hydrazine groups is 1. The Morgan fingerprint density at radius 2 is 1.73 bits per heavy atom. The second kappa shape index (κ2) is 7.18. The average Bonchev–Trinajstić information content (AvgIpc) is 2.74. The van der Waals surface area contributed by atoms with Gasteiger partial charge in [0.25, 0.3) is 0 Å². The maximum Gasteiger partial charge on any atom is 0.0995 e. The van der Waals surface area contributed by atoms with E-state index in [1.807, 2.05) is 72.8 Å². The minimum atomic E-state index is -0.0689. The molecule has 0 radical (unpaired) electrons. The number of pyridine rings is 1. The summed E-state index contributed by atoms with van der Waals surface area (Å²) in [6.07, 6.45) is 2.42. The van der Waals surface area contributed by atoms with Crippen molar-refractivity contribution in [3.63, 3.8) is 0 Å². The third-order valence-corrected chi connectivity index (χ3v) is 4.31. The van der Waals surface area contributed by atoms with Crippen molar-refractivity contribution in [2.24, 2.45) is 5.10 Å². The van der Waals surface area contributed by atoms with Crippen molar-refractivity contribution >= 4 is 11.4 Å². The number of nitriles is 1. The van der Waals surface area contributed by atoms with Crippen molar-refractivity contribution in [1.29, 1.82) is 5.26 Å². The molecule has 5 nitrogen and oxygen atoms in total. The molecule has 126 valence electrons. The molecule has 1 aliphatic heterocycles. The van der Waals surface area contributed by atoms with Crippen LogP contribution in [0.1, 0.15) is 29.3 Å². The van der Waals surface area contributed by atoms with Gasteiger partial charge in [-0.3, -0.25) is 4.98 Å². The van der Waals surface area contributed by atoms with E-state index < -0.39 is 0 Å². The summed E-state index contributed by atoms with van der Waals surface area (Å²) in [4.78, 5) is 4.45. The molecule has 1 aromatic heterocycles. The van der Waals surface area contributed by atoms with E-state index in [2.05, 4.69) is 16.5 Å². The van der Waals surface area contributed by atoms with Crippen molar-refractivity contribution in [1.82, 2.24) is 10.4 Å². The van der Waals surface area contributed by atoms with Crippen LogP contribution in [-0.2, 0) is 0 Å². The lowest BCUT2D eigenvalue weighted by Gasteiger charge is -2.32. The number of rotatable bonds is 3. The van der Waals surface area contributed by atoms with E-state index in [4.69, 9.17) is 5.10 Å². The van der Waals surface area contributed by atoms with Gasteiger partial charge in [0.15, 0.2) is 0 Å². The predicted molar refractivity (Wildman–Crippen MR) is 101 cm³/mol. The summed E-state index contributed by atoms with van der Waals surface area (Å²) in [6.45, 7) is 0. The number of anilines is 1. The van der Waals surface area contributed by atoms with Crippen LogP contribution in [0.25, 0.3) is 0 Å². The Balaban J connectivity index is 1.77. The topological polar surface area (TPSA) is 64.3 Å². The average molecular weight is 339 g/mol. The van der Waals surface area contributed by atoms with Gasteiger partial charge in [-0.15, -0.1) is 0 Å². The molecule has 26 heavy (non-hydrogen) atoms. The molecule has 0 fully saturated rings. The van der Waals surface area contributed by atoms with E-state index in [9.17, 15) is 5.26 Å². The molecule has 5 heteroatoms. The van der Waals surface area contributed by atoms with Gasteiger partial charge in [-0.1, -0.05) is 42.5 Å². The Bertz CT molecular complexity index is 960. The van der Waals surface area contributed by atoms with Crippen molar-refractivity contribution in [3.8, 4) is 6.07 Å². The predicted octanol–water partition coefficient (Wildman–Crippen LogP) is 3.81. The highest BCUT2D eigenvalue weighted by Gasteiger charge is 2.26. The van der Waals surface area contributed by atoms with Crippen LogP contribution in [0, 0.1) is 11.3 Å². The summed E-state index contributed by atoms with van der Waals surface area (Å²) < 4.78 is 0. The molecular formula is C21H17N5. The number of hydrogen-bond donors (Lipinski definition) is 1. The first-order valence-corrected chi connectivity index (χ1v) is 8.44. The lowest BCUT2D eigenvalue weighted by molar-refractivity contribution is 0.500. The van der Waals surface area contributed by atoms with Gasteiger partial charge in [-0.05, 0) is 35.9 Å². The molecule has 2 heterocycles. The Kier molecular flexibility index (Phi) is 4.42. The summed E-state index contributed by atoms with van der Waals surface area (Å²) in [7, 11) is 0. The van der Waals surface area contributed by atoms with Crippen LogP contribution >= 0.6 is 0 Å². The summed E-state index contributed by atoms with van der Waals surface area (Å²) in [5.41, 5.74) is 7.71. The molecule has 3 aromatic rings. The van der Waals surface area contributed by atoms with Crippen LogP contribution in [0.15, 0.2) is 84.1 Å². The van der Waals surface area contributed by atoms with Gasteiger partial charge in [0.2, 0.25) is 0 Å². The van der Waals surface area contributed by atoms with Crippen LogP contribution in [0.2, 0.25) is 0 Å². The minimum Gasteiger partial charge on any atom is -0.255 e. The highest BCUT2D eigenvalue weighted by molar-refractivity contribution is 6.00.